The summed E-state index contributed by atoms with van der Waals surface area (Å²) in [6.07, 6.45) is 5.62. The van der Waals surface area contributed by atoms with Gasteiger partial charge in [-0.25, -0.2) is 4.98 Å². The number of nitrogens with zero attached hydrogens (tertiary/aromatic N) is 4. The first-order chi connectivity index (χ1) is 15.1. The van der Waals surface area contributed by atoms with Gasteiger partial charge in [-0.3, -0.25) is 4.99 Å². The Morgan fingerprint density at radius 1 is 1.03 bits per heavy atom. The van der Waals surface area contributed by atoms with Crippen LogP contribution in [0.25, 0.3) is 0 Å². The number of halogens is 1. The van der Waals surface area contributed by atoms with E-state index >= 15 is 0 Å². The van der Waals surface area contributed by atoms with Crippen LogP contribution >= 0.6 is 24.0 Å². The van der Waals surface area contributed by atoms with Gasteiger partial charge in [-0.2, -0.15) is 0 Å². The van der Waals surface area contributed by atoms with Crippen molar-refractivity contribution in [3.63, 3.8) is 0 Å². The summed E-state index contributed by atoms with van der Waals surface area (Å²) in [5.41, 5.74) is 3.77. The predicted octanol–water partition coefficient (Wildman–Crippen LogP) is 4.19. The van der Waals surface area contributed by atoms with Gasteiger partial charge in [0.2, 0.25) is 0 Å². The van der Waals surface area contributed by atoms with Gasteiger partial charge in [0, 0.05) is 57.7 Å². The molecule has 7 heteroatoms. The number of pyridine rings is 1. The van der Waals surface area contributed by atoms with E-state index in [-0.39, 0.29) is 24.0 Å². The quantitative estimate of drug-likeness (QED) is 0.334. The molecule has 32 heavy (non-hydrogen) atoms. The number of anilines is 2. The molecular formula is C25H37IN6. The van der Waals surface area contributed by atoms with Crippen molar-refractivity contribution in [1.82, 2.24) is 15.6 Å². The summed E-state index contributed by atoms with van der Waals surface area (Å²) in [5, 5.41) is 7.03. The van der Waals surface area contributed by atoms with Crippen LogP contribution in [0.15, 0.2) is 47.6 Å². The average molecular weight is 549 g/mol. The highest BCUT2D eigenvalue weighted by atomic mass is 127. The number of aromatic nitrogens is 1. The zero-order valence-corrected chi connectivity index (χ0v) is 21.9. The zero-order chi connectivity index (χ0) is 21.6. The van der Waals surface area contributed by atoms with Crippen LogP contribution in [0.5, 0.6) is 0 Å². The Labute approximate surface area is 209 Å². The lowest BCUT2D eigenvalue weighted by atomic mass is 9.99. The second-order valence-corrected chi connectivity index (χ2v) is 9.03. The minimum absolute atomic E-state index is 0. The van der Waals surface area contributed by atoms with Crippen molar-refractivity contribution in [2.45, 2.75) is 45.7 Å². The van der Waals surface area contributed by atoms with Crippen molar-refractivity contribution < 1.29 is 0 Å². The van der Waals surface area contributed by atoms with Crippen LogP contribution in [0.3, 0.4) is 0 Å². The van der Waals surface area contributed by atoms with Gasteiger partial charge in [0.25, 0.3) is 0 Å². The van der Waals surface area contributed by atoms with Gasteiger partial charge in [0.15, 0.2) is 5.96 Å². The third-order valence-electron chi connectivity index (χ3n) is 6.53. The van der Waals surface area contributed by atoms with Crippen LogP contribution in [0.2, 0.25) is 0 Å². The Balaban J connectivity index is 0.00000289. The largest absolute Gasteiger partial charge is 0.369 e. The van der Waals surface area contributed by atoms with Gasteiger partial charge in [0.05, 0.1) is 0 Å². The first-order valence-corrected chi connectivity index (χ1v) is 11.6. The molecule has 1 atom stereocenters. The summed E-state index contributed by atoms with van der Waals surface area (Å²) >= 11 is 0. The molecule has 4 rings (SSSR count). The molecule has 0 aliphatic carbocycles. The smallest absolute Gasteiger partial charge is 0.191 e. The summed E-state index contributed by atoms with van der Waals surface area (Å²) in [4.78, 5) is 14.0. The normalized spacial score (nSPS) is 19.6. The number of hydrogen-bond acceptors (Lipinski definition) is 4. The standard InChI is InChI=1S/C25H36N6.HI/c1-19-4-7-23(8-5-19)31-15-12-22(18-31)29-25(26-3)28-17-21-6-9-24(27-16-21)30-13-10-20(2)11-14-30;/h4-9,16,20,22H,10-15,17-18H2,1-3H3,(H2,26,28,29);1H. The fraction of sp³-hybridized carbons (Fsp3) is 0.520. The first-order valence-electron chi connectivity index (χ1n) is 11.6. The maximum atomic E-state index is 4.70. The molecule has 0 amide bonds. The Morgan fingerprint density at radius 3 is 2.41 bits per heavy atom. The van der Waals surface area contributed by atoms with Crippen LogP contribution in [0.1, 0.15) is 37.3 Å². The summed E-state index contributed by atoms with van der Waals surface area (Å²) in [6, 6.07) is 13.5. The second-order valence-electron chi connectivity index (χ2n) is 9.03. The average Bonchev–Trinajstić information content (AvgIpc) is 3.26. The fourth-order valence-electron chi connectivity index (χ4n) is 4.39. The van der Waals surface area contributed by atoms with Crippen LogP contribution in [0.4, 0.5) is 11.5 Å². The molecule has 1 unspecified atom stereocenters. The summed E-state index contributed by atoms with van der Waals surface area (Å²) in [5.74, 6) is 2.79. The molecule has 1 aromatic carbocycles. The number of aliphatic imine (C=N–C) groups is 1. The molecule has 0 spiro atoms. The lowest BCUT2D eigenvalue weighted by Gasteiger charge is -2.31. The summed E-state index contributed by atoms with van der Waals surface area (Å²) < 4.78 is 0. The fourth-order valence-corrected chi connectivity index (χ4v) is 4.39. The first kappa shape index (κ1) is 24.6. The van der Waals surface area contributed by atoms with Crippen LogP contribution in [-0.2, 0) is 6.54 Å². The number of nitrogens with one attached hydrogen (secondary N) is 2. The minimum atomic E-state index is 0. The number of guanidine groups is 1. The van der Waals surface area contributed by atoms with E-state index in [9.17, 15) is 0 Å². The van der Waals surface area contributed by atoms with Crippen LogP contribution < -0.4 is 20.4 Å². The Hall–Kier alpha value is -2.03. The van der Waals surface area contributed by atoms with E-state index in [0.717, 1.165) is 56.8 Å². The molecule has 2 N–H and O–H groups in total. The molecule has 2 aliphatic heterocycles. The van der Waals surface area contributed by atoms with Crippen molar-refractivity contribution in [3.8, 4) is 0 Å². The molecule has 2 aromatic rings. The van der Waals surface area contributed by atoms with E-state index < -0.39 is 0 Å². The number of piperidine rings is 1. The maximum absolute atomic E-state index is 4.70. The highest BCUT2D eigenvalue weighted by Crippen LogP contribution is 2.22. The SMILES string of the molecule is CN=C(NCc1ccc(N2CCC(C)CC2)nc1)NC1CCN(c2ccc(C)cc2)C1.I. The lowest BCUT2D eigenvalue weighted by Crippen LogP contribution is -2.44. The van der Waals surface area contributed by atoms with Crippen molar-refractivity contribution in [2.75, 3.05) is 43.0 Å². The molecule has 3 heterocycles. The van der Waals surface area contributed by atoms with Gasteiger partial charge in [-0.15, -0.1) is 24.0 Å². The third kappa shape index (κ3) is 6.49. The monoisotopic (exact) mass is 548 g/mol. The van der Waals surface area contributed by atoms with Crippen molar-refractivity contribution in [3.05, 3.63) is 53.7 Å². The van der Waals surface area contributed by atoms with Crippen molar-refractivity contribution >= 4 is 41.4 Å². The number of benzene rings is 1. The lowest BCUT2D eigenvalue weighted by molar-refractivity contribution is 0.436. The minimum Gasteiger partial charge on any atom is -0.369 e. The van der Waals surface area contributed by atoms with E-state index in [2.05, 4.69) is 75.7 Å². The predicted molar refractivity (Wildman–Crippen MR) is 145 cm³/mol. The van der Waals surface area contributed by atoms with Gasteiger partial charge in [0.1, 0.15) is 5.82 Å². The van der Waals surface area contributed by atoms with Crippen LogP contribution in [-0.4, -0.2) is 50.2 Å². The second kappa shape index (κ2) is 11.7. The molecule has 0 bridgehead atoms. The number of hydrogen-bond donors (Lipinski definition) is 2. The van der Waals surface area contributed by atoms with Crippen molar-refractivity contribution in [1.29, 1.82) is 0 Å². The molecule has 1 aromatic heterocycles. The van der Waals surface area contributed by atoms with E-state index in [1.807, 2.05) is 13.2 Å². The summed E-state index contributed by atoms with van der Waals surface area (Å²) in [7, 11) is 1.83. The zero-order valence-electron chi connectivity index (χ0n) is 19.6. The van der Waals surface area contributed by atoms with Gasteiger partial charge >= 0.3 is 0 Å². The third-order valence-corrected chi connectivity index (χ3v) is 6.53. The molecule has 2 aliphatic rings. The highest BCUT2D eigenvalue weighted by molar-refractivity contribution is 14.0. The molecule has 2 saturated heterocycles. The molecule has 174 valence electrons. The Kier molecular flexibility index (Phi) is 9.02. The number of aryl methyl sites for hydroxylation is 1. The highest BCUT2D eigenvalue weighted by Gasteiger charge is 2.23. The molecule has 2 fully saturated rings. The topological polar surface area (TPSA) is 55.8 Å². The maximum Gasteiger partial charge on any atom is 0.191 e. The van der Waals surface area contributed by atoms with Crippen LogP contribution in [0, 0.1) is 12.8 Å². The van der Waals surface area contributed by atoms with E-state index in [1.165, 1.54) is 29.7 Å². The van der Waals surface area contributed by atoms with Gasteiger partial charge in [-0.05, 0) is 55.9 Å². The Bertz CT molecular complexity index is 859. The summed E-state index contributed by atoms with van der Waals surface area (Å²) in [6.45, 7) is 9.48. The van der Waals surface area contributed by atoms with Gasteiger partial charge < -0.3 is 20.4 Å². The Morgan fingerprint density at radius 2 is 1.75 bits per heavy atom. The van der Waals surface area contributed by atoms with E-state index in [1.54, 1.807) is 0 Å². The molecule has 0 radical (unpaired) electrons. The molecular weight excluding hydrogens is 511 g/mol. The van der Waals surface area contributed by atoms with Gasteiger partial charge in [-0.1, -0.05) is 30.7 Å². The van der Waals surface area contributed by atoms with E-state index in [4.69, 9.17) is 4.98 Å². The molecule has 6 nitrogen and oxygen atoms in total. The van der Waals surface area contributed by atoms with Crippen molar-refractivity contribution in [2.24, 2.45) is 10.9 Å². The molecule has 0 saturated carbocycles. The van der Waals surface area contributed by atoms with E-state index in [0.29, 0.717) is 6.04 Å². The number of rotatable bonds is 5.